The number of nitrogens with one attached hydrogen (secondary N) is 1. The number of hydrogen-bond acceptors (Lipinski definition) is 7. The average molecular weight is 393 g/mol. The third kappa shape index (κ3) is 4.72. The standard InChI is InChI=1S/C18H28N6O2S/c1-18(2,3)24-16(25)7-13(8-19-10-15-12-27-22-21-15)17(24)14-9-20-23(11-14)5-6-26-4/h9,11-13,17,19H,5-8,10H2,1-4H3/t13-,17+/m0/s1. The lowest BCUT2D eigenvalue weighted by molar-refractivity contribution is -0.133. The van der Waals surface area contributed by atoms with E-state index in [2.05, 4.69) is 40.8 Å². The molecule has 2 aromatic rings. The van der Waals surface area contributed by atoms with E-state index in [1.54, 1.807) is 7.11 Å². The van der Waals surface area contributed by atoms with Crippen molar-refractivity contribution in [3.05, 3.63) is 29.0 Å². The number of aromatic nitrogens is 4. The predicted octanol–water partition coefficient (Wildman–Crippen LogP) is 1.86. The molecule has 3 rings (SSSR count). The van der Waals surface area contributed by atoms with Crippen LogP contribution in [0.1, 0.15) is 44.5 Å². The maximum Gasteiger partial charge on any atom is 0.223 e. The van der Waals surface area contributed by atoms with Gasteiger partial charge in [-0.1, -0.05) is 4.49 Å². The zero-order valence-electron chi connectivity index (χ0n) is 16.4. The van der Waals surface area contributed by atoms with Crippen LogP contribution in [0.25, 0.3) is 0 Å². The highest BCUT2D eigenvalue weighted by molar-refractivity contribution is 7.03. The van der Waals surface area contributed by atoms with Crippen LogP contribution in [0.15, 0.2) is 17.8 Å². The summed E-state index contributed by atoms with van der Waals surface area (Å²) in [6.45, 7) is 8.98. The molecule has 3 heterocycles. The summed E-state index contributed by atoms with van der Waals surface area (Å²) in [7, 11) is 1.68. The van der Waals surface area contributed by atoms with E-state index in [9.17, 15) is 4.79 Å². The zero-order chi connectivity index (χ0) is 19.4. The van der Waals surface area contributed by atoms with E-state index in [0.717, 1.165) is 17.8 Å². The summed E-state index contributed by atoms with van der Waals surface area (Å²) in [6.07, 6.45) is 4.46. The Kier molecular flexibility index (Phi) is 6.23. The normalized spacial score (nSPS) is 20.6. The van der Waals surface area contributed by atoms with Gasteiger partial charge in [0.25, 0.3) is 0 Å². The van der Waals surface area contributed by atoms with Gasteiger partial charge in [-0.15, -0.1) is 5.10 Å². The van der Waals surface area contributed by atoms with Crippen molar-refractivity contribution in [3.8, 4) is 0 Å². The molecule has 1 fully saturated rings. The van der Waals surface area contributed by atoms with Crippen LogP contribution >= 0.6 is 11.5 Å². The maximum absolute atomic E-state index is 12.8. The molecule has 27 heavy (non-hydrogen) atoms. The molecule has 9 heteroatoms. The molecule has 1 N–H and O–H groups in total. The van der Waals surface area contributed by atoms with Crippen molar-refractivity contribution >= 4 is 17.4 Å². The molecule has 0 aliphatic carbocycles. The minimum atomic E-state index is -0.246. The Labute approximate surface area is 164 Å². The van der Waals surface area contributed by atoms with E-state index in [1.807, 2.05) is 27.4 Å². The van der Waals surface area contributed by atoms with E-state index in [4.69, 9.17) is 4.74 Å². The number of rotatable bonds is 8. The fourth-order valence-corrected chi connectivity index (χ4v) is 4.13. The summed E-state index contributed by atoms with van der Waals surface area (Å²) >= 11 is 1.35. The van der Waals surface area contributed by atoms with Gasteiger partial charge in [-0.05, 0) is 32.3 Å². The van der Waals surface area contributed by atoms with Gasteiger partial charge in [0.2, 0.25) is 5.91 Å². The predicted molar refractivity (Wildman–Crippen MR) is 103 cm³/mol. The Hall–Kier alpha value is -1.84. The van der Waals surface area contributed by atoms with E-state index >= 15 is 0 Å². The summed E-state index contributed by atoms with van der Waals surface area (Å²) in [6, 6.07) is 0.00912. The fraction of sp³-hybridized carbons (Fsp3) is 0.667. The zero-order valence-corrected chi connectivity index (χ0v) is 17.2. The van der Waals surface area contributed by atoms with Crippen LogP contribution in [0.3, 0.4) is 0 Å². The molecule has 0 radical (unpaired) electrons. The summed E-state index contributed by atoms with van der Waals surface area (Å²) < 4.78 is 10.9. The summed E-state index contributed by atoms with van der Waals surface area (Å²) in [5, 5.41) is 13.9. The van der Waals surface area contributed by atoms with Crippen molar-refractivity contribution in [3.63, 3.8) is 0 Å². The summed E-state index contributed by atoms with van der Waals surface area (Å²) in [4.78, 5) is 14.8. The van der Waals surface area contributed by atoms with Gasteiger partial charge < -0.3 is 15.0 Å². The highest BCUT2D eigenvalue weighted by Crippen LogP contribution is 2.42. The smallest absolute Gasteiger partial charge is 0.223 e. The number of methoxy groups -OCH3 is 1. The molecule has 148 valence electrons. The second-order valence-corrected chi connectivity index (χ2v) is 8.51. The topological polar surface area (TPSA) is 85.2 Å². The van der Waals surface area contributed by atoms with Gasteiger partial charge in [0.15, 0.2) is 0 Å². The second-order valence-electron chi connectivity index (χ2n) is 7.90. The molecule has 0 aromatic carbocycles. The number of carbonyl (C=O) groups is 1. The quantitative estimate of drug-likeness (QED) is 0.738. The van der Waals surface area contributed by atoms with Gasteiger partial charge in [-0.3, -0.25) is 9.48 Å². The average Bonchev–Trinajstić information content (AvgIpc) is 3.32. The Balaban J connectivity index is 1.76. The third-order valence-electron chi connectivity index (χ3n) is 4.79. The van der Waals surface area contributed by atoms with Crippen molar-refractivity contribution in [2.45, 2.75) is 51.9 Å². The largest absolute Gasteiger partial charge is 0.383 e. The van der Waals surface area contributed by atoms with E-state index in [1.165, 1.54) is 11.5 Å². The Morgan fingerprint density at radius 1 is 1.41 bits per heavy atom. The molecule has 0 unspecified atom stereocenters. The first-order valence-electron chi connectivity index (χ1n) is 9.20. The monoisotopic (exact) mass is 392 g/mol. The minimum absolute atomic E-state index is 0.00912. The lowest BCUT2D eigenvalue weighted by Gasteiger charge is -2.38. The van der Waals surface area contributed by atoms with Crippen LogP contribution in [0, 0.1) is 5.92 Å². The molecule has 0 spiro atoms. The molecule has 1 amide bonds. The van der Waals surface area contributed by atoms with Crippen molar-refractivity contribution in [1.29, 1.82) is 0 Å². The first-order valence-corrected chi connectivity index (χ1v) is 10.0. The van der Waals surface area contributed by atoms with Crippen LogP contribution in [-0.2, 0) is 22.6 Å². The molecule has 1 aliphatic rings. The summed E-state index contributed by atoms with van der Waals surface area (Å²) in [5.74, 6) is 0.377. The van der Waals surface area contributed by atoms with Crippen LogP contribution in [-0.4, -0.2) is 56.0 Å². The molecule has 8 nitrogen and oxygen atoms in total. The van der Waals surface area contributed by atoms with Crippen molar-refractivity contribution in [2.24, 2.45) is 5.92 Å². The van der Waals surface area contributed by atoms with Crippen LogP contribution in [0.2, 0.25) is 0 Å². The molecular formula is C18H28N6O2S. The van der Waals surface area contributed by atoms with E-state index in [0.29, 0.717) is 26.1 Å². The Bertz CT molecular complexity index is 739. The Morgan fingerprint density at radius 3 is 2.89 bits per heavy atom. The lowest BCUT2D eigenvalue weighted by atomic mass is 9.93. The Morgan fingerprint density at radius 2 is 2.22 bits per heavy atom. The van der Waals surface area contributed by atoms with Crippen LogP contribution in [0.4, 0.5) is 0 Å². The number of hydrogen-bond donors (Lipinski definition) is 1. The second kappa shape index (κ2) is 8.45. The highest BCUT2D eigenvalue weighted by Gasteiger charge is 2.45. The van der Waals surface area contributed by atoms with Crippen LogP contribution < -0.4 is 5.32 Å². The number of nitrogens with zero attached hydrogens (tertiary/aromatic N) is 5. The number of ether oxygens (including phenoxy) is 1. The number of amides is 1. The molecule has 0 saturated carbocycles. The molecule has 2 atom stereocenters. The minimum Gasteiger partial charge on any atom is -0.383 e. The van der Waals surface area contributed by atoms with Gasteiger partial charge >= 0.3 is 0 Å². The third-order valence-corrected chi connectivity index (χ3v) is 5.34. The molecule has 1 saturated heterocycles. The number of likely N-dealkylation sites (tertiary alicyclic amines) is 1. The van der Waals surface area contributed by atoms with Crippen molar-refractivity contribution in [1.82, 2.24) is 29.6 Å². The maximum atomic E-state index is 12.8. The van der Waals surface area contributed by atoms with Crippen molar-refractivity contribution < 1.29 is 9.53 Å². The van der Waals surface area contributed by atoms with Gasteiger partial charge in [0, 0.05) is 55.2 Å². The number of carbonyl (C=O) groups excluding carboxylic acids is 1. The van der Waals surface area contributed by atoms with Gasteiger partial charge in [-0.25, -0.2) is 0 Å². The molecular weight excluding hydrogens is 364 g/mol. The molecule has 2 aromatic heterocycles. The van der Waals surface area contributed by atoms with Gasteiger partial charge in [0.1, 0.15) is 0 Å². The SMILES string of the molecule is COCCn1cc([C@H]2[C@H](CNCc3csnn3)CC(=O)N2C(C)(C)C)cn1. The lowest BCUT2D eigenvalue weighted by Crippen LogP contribution is -2.44. The van der Waals surface area contributed by atoms with E-state index in [-0.39, 0.29) is 23.4 Å². The first-order chi connectivity index (χ1) is 12.9. The first kappa shape index (κ1) is 19.9. The summed E-state index contributed by atoms with van der Waals surface area (Å²) in [5.41, 5.74) is 1.76. The molecule has 1 aliphatic heterocycles. The van der Waals surface area contributed by atoms with Crippen LogP contribution in [0.5, 0.6) is 0 Å². The fourth-order valence-electron chi connectivity index (χ4n) is 3.68. The molecule has 0 bridgehead atoms. The van der Waals surface area contributed by atoms with Gasteiger partial charge in [-0.2, -0.15) is 5.10 Å². The van der Waals surface area contributed by atoms with Gasteiger partial charge in [0.05, 0.1) is 31.1 Å². The highest BCUT2D eigenvalue weighted by atomic mass is 32.1. The van der Waals surface area contributed by atoms with E-state index < -0.39 is 0 Å². The van der Waals surface area contributed by atoms with Crippen molar-refractivity contribution in [2.75, 3.05) is 20.3 Å².